The van der Waals surface area contributed by atoms with Gasteiger partial charge in [0.1, 0.15) is 6.04 Å². The fraction of sp³-hybridized carbons (Fsp3) is 0.192. The van der Waals surface area contributed by atoms with E-state index in [0.29, 0.717) is 34.9 Å². The Morgan fingerprint density at radius 1 is 1.06 bits per heavy atom. The van der Waals surface area contributed by atoms with Crippen LogP contribution >= 0.6 is 23.1 Å². The van der Waals surface area contributed by atoms with Crippen LogP contribution in [0.1, 0.15) is 26.4 Å². The van der Waals surface area contributed by atoms with Gasteiger partial charge in [0.2, 0.25) is 5.91 Å². The van der Waals surface area contributed by atoms with Crippen molar-refractivity contribution in [2.24, 2.45) is 0 Å². The third-order valence-corrected chi connectivity index (χ3v) is 7.28. The number of carbonyl (C=O) groups is 2. The number of aromatic nitrogens is 1. The van der Waals surface area contributed by atoms with E-state index in [1.807, 2.05) is 66.2 Å². The number of benzene rings is 2. The number of aromatic amines is 1. The molecule has 4 aromatic rings. The van der Waals surface area contributed by atoms with Gasteiger partial charge in [0.15, 0.2) is 0 Å². The van der Waals surface area contributed by atoms with E-state index in [-0.39, 0.29) is 11.8 Å². The second-order valence-electron chi connectivity index (χ2n) is 7.68. The van der Waals surface area contributed by atoms with Crippen LogP contribution in [-0.4, -0.2) is 35.1 Å². The maximum absolute atomic E-state index is 13.1. The molecule has 1 atom stereocenters. The predicted molar refractivity (Wildman–Crippen MR) is 138 cm³/mol. The molecule has 0 aliphatic carbocycles. The number of nitriles is 1. The molecule has 6 nitrogen and oxygen atoms in total. The molecular formula is C26H24N4O2S2. The fourth-order valence-electron chi connectivity index (χ4n) is 3.67. The molecule has 2 heterocycles. The topological polar surface area (TPSA) is 97.8 Å². The number of nitrogens with zero attached hydrogens (tertiary/aromatic N) is 1. The van der Waals surface area contributed by atoms with Gasteiger partial charge in [0.05, 0.1) is 16.5 Å². The van der Waals surface area contributed by atoms with Gasteiger partial charge in [0.25, 0.3) is 5.91 Å². The summed E-state index contributed by atoms with van der Waals surface area (Å²) < 4.78 is 0. The number of fused-ring (bicyclic) bond motifs is 1. The van der Waals surface area contributed by atoms with Gasteiger partial charge in [-0.1, -0.05) is 42.5 Å². The van der Waals surface area contributed by atoms with Crippen molar-refractivity contribution in [1.82, 2.24) is 15.6 Å². The molecule has 0 radical (unpaired) electrons. The van der Waals surface area contributed by atoms with Crippen molar-refractivity contribution < 1.29 is 9.59 Å². The van der Waals surface area contributed by atoms with Gasteiger partial charge in [-0.2, -0.15) is 17.0 Å². The lowest BCUT2D eigenvalue weighted by atomic mass is 10.0. The summed E-state index contributed by atoms with van der Waals surface area (Å²) in [7, 11) is 0. The van der Waals surface area contributed by atoms with Crippen molar-refractivity contribution in [3.05, 3.63) is 93.8 Å². The second-order valence-corrected chi connectivity index (χ2v) is 9.73. The summed E-state index contributed by atoms with van der Waals surface area (Å²) >= 11 is 3.00. The Labute approximate surface area is 206 Å². The molecule has 0 unspecified atom stereocenters. The zero-order chi connectivity index (χ0) is 23.8. The molecule has 0 fully saturated rings. The van der Waals surface area contributed by atoms with Crippen LogP contribution in [0.3, 0.4) is 0 Å². The Balaban J connectivity index is 1.37. The van der Waals surface area contributed by atoms with Gasteiger partial charge in [0, 0.05) is 41.6 Å². The molecular weight excluding hydrogens is 464 g/mol. The first-order valence-electron chi connectivity index (χ1n) is 10.9. The Morgan fingerprint density at radius 3 is 2.71 bits per heavy atom. The first-order chi connectivity index (χ1) is 16.7. The first kappa shape index (κ1) is 23.6. The lowest BCUT2D eigenvalue weighted by Gasteiger charge is -2.18. The van der Waals surface area contributed by atoms with Crippen LogP contribution in [0.15, 0.2) is 72.2 Å². The molecule has 2 aromatic carbocycles. The number of nitrogens with one attached hydrogen (secondary N) is 3. The minimum Gasteiger partial charge on any atom is -0.361 e. The summed E-state index contributed by atoms with van der Waals surface area (Å²) in [4.78, 5) is 29.5. The third-order valence-electron chi connectivity index (χ3n) is 5.41. The largest absolute Gasteiger partial charge is 0.361 e. The second kappa shape index (κ2) is 11.5. The minimum atomic E-state index is -0.696. The highest BCUT2D eigenvalue weighted by atomic mass is 32.2. The van der Waals surface area contributed by atoms with E-state index in [1.165, 1.54) is 11.3 Å². The van der Waals surface area contributed by atoms with Gasteiger partial charge in [-0.05, 0) is 34.7 Å². The van der Waals surface area contributed by atoms with Crippen LogP contribution < -0.4 is 10.6 Å². The van der Waals surface area contributed by atoms with Crippen molar-refractivity contribution in [3.63, 3.8) is 0 Å². The number of H-pyrrole nitrogens is 1. The number of thioether (sulfide) groups is 1. The van der Waals surface area contributed by atoms with Crippen LogP contribution in [0.4, 0.5) is 0 Å². The predicted octanol–water partition coefficient (Wildman–Crippen LogP) is 4.49. The van der Waals surface area contributed by atoms with E-state index in [4.69, 9.17) is 0 Å². The van der Waals surface area contributed by atoms with E-state index in [9.17, 15) is 14.9 Å². The van der Waals surface area contributed by atoms with Gasteiger partial charge in [-0.3, -0.25) is 9.59 Å². The number of rotatable bonds is 10. The van der Waals surface area contributed by atoms with Gasteiger partial charge < -0.3 is 15.6 Å². The van der Waals surface area contributed by atoms with Crippen molar-refractivity contribution in [2.45, 2.75) is 18.2 Å². The van der Waals surface area contributed by atoms with Crippen molar-refractivity contribution in [3.8, 4) is 6.07 Å². The summed E-state index contributed by atoms with van der Waals surface area (Å²) in [5, 5.41) is 18.0. The summed E-state index contributed by atoms with van der Waals surface area (Å²) in [5.41, 5.74) is 3.64. The SMILES string of the molecule is N#Cc1ccccc1CSCCNC(=O)[C@H](Cc1c[nH]c2ccccc12)NC(=O)c1cccs1. The third kappa shape index (κ3) is 5.87. The number of carbonyl (C=O) groups excluding carboxylic acids is 2. The van der Waals surface area contributed by atoms with Gasteiger partial charge in [-0.15, -0.1) is 11.3 Å². The lowest BCUT2D eigenvalue weighted by Crippen LogP contribution is -2.48. The smallest absolute Gasteiger partial charge is 0.262 e. The quantitative estimate of drug-likeness (QED) is 0.287. The molecule has 2 amide bonds. The number of hydrogen-bond acceptors (Lipinski definition) is 5. The van der Waals surface area contributed by atoms with E-state index in [2.05, 4.69) is 21.7 Å². The van der Waals surface area contributed by atoms with Gasteiger partial charge in [-0.25, -0.2) is 0 Å². The highest BCUT2D eigenvalue weighted by Crippen LogP contribution is 2.20. The monoisotopic (exact) mass is 488 g/mol. The summed E-state index contributed by atoms with van der Waals surface area (Å²) in [6.45, 7) is 0.470. The molecule has 172 valence electrons. The van der Waals surface area contributed by atoms with Crippen molar-refractivity contribution >= 4 is 45.8 Å². The number of hydrogen-bond donors (Lipinski definition) is 3. The normalized spacial score (nSPS) is 11.6. The maximum atomic E-state index is 13.1. The van der Waals surface area contributed by atoms with Crippen LogP contribution in [0.2, 0.25) is 0 Å². The highest BCUT2D eigenvalue weighted by molar-refractivity contribution is 7.98. The summed E-state index contributed by atoms with van der Waals surface area (Å²) in [6.07, 6.45) is 2.28. The molecule has 0 bridgehead atoms. The molecule has 0 aliphatic heterocycles. The molecule has 0 spiro atoms. The Morgan fingerprint density at radius 2 is 1.88 bits per heavy atom. The Kier molecular flexibility index (Phi) is 8.02. The Bertz CT molecular complexity index is 1310. The van der Waals surface area contributed by atoms with Crippen LogP contribution in [0.25, 0.3) is 10.9 Å². The molecule has 34 heavy (non-hydrogen) atoms. The number of thiophene rings is 1. The van der Waals surface area contributed by atoms with E-state index >= 15 is 0 Å². The molecule has 2 aromatic heterocycles. The lowest BCUT2D eigenvalue weighted by molar-refractivity contribution is -0.122. The van der Waals surface area contributed by atoms with Crippen LogP contribution in [0, 0.1) is 11.3 Å². The molecule has 0 saturated carbocycles. The average Bonchev–Trinajstić information content (AvgIpc) is 3.54. The van der Waals surface area contributed by atoms with E-state index in [0.717, 1.165) is 22.0 Å². The fourth-order valence-corrected chi connectivity index (χ4v) is 5.16. The van der Waals surface area contributed by atoms with Gasteiger partial charge >= 0.3 is 0 Å². The van der Waals surface area contributed by atoms with Crippen LogP contribution in [0.5, 0.6) is 0 Å². The molecule has 8 heteroatoms. The highest BCUT2D eigenvalue weighted by Gasteiger charge is 2.23. The number of para-hydroxylation sites is 1. The zero-order valence-corrected chi connectivity index (χ0v) is 20.0. The minimum absolute atomic E-state index is 0.215. The summed E-state index contributed by atoms with van der Waals surface area (Å²) in [5.74, 6) is 0.934. The van der Waals surface area contributed by atoms with Crippen molar-refractivity contribution in [2.75, 3.05) is 12.3 Å². The molecule has 3 N–H and O–H groups in total. The zero-order valence-electron chi connectivity index (χ0n) is 18.4. The maximum Gasteiger partial charge on any atom is 0.262 e. The average molecular weight is 489 g/mol. The summed E-state index contributed by atoms with van der Waals surface area (Å²) in [6, 6.07) is 20.5. The molecule has 0 aliphatic rings. The first-order valence-corrected chi connectivity index (χ1v) is 12.9. The molecule has 0 saturated heterocycles. The Hall–Kier alpha value is -3.54. The standard InChI is InChI=1S/C26H24N4O2S2/c27-15-18-6-1-2-7-19(18)17-33-13-11-28-25(31)23(30-26(32)24-10-5-12-34-24)14-20-16-29-22-9-4-3-8-21(20)22/h1-10,12,16,23,29H,11,13-14,17H2,(H,28,31)(H,30,32)/t23-/m0/s1. The van der Waals surface area contributed by atoms with E-state index in [1.54, 1.807) is 17.8 Å². The molecule has 4 rings (SSSR count). The van der Waals surface area contributed by atoms with E-state index < -0.39 is 6.04 Å². The van der Waals surface area contributed by atoms with Crippen molar-refractivity contribution in [1.29, 1.82) is 5.26 Å². The number of amides is 2. The van der Waals surface area contributed by atoms with Crippen LogP contribution in [-0.2, 0) is 17.0 Å².